The Morgan fingerprint density at radius 2 is 2.35 bits per heavy atom. The summed E-state index contributed by atoms with van der Waals surface area (Å²) in [4.78, 5) is 11.1. The number of hydrogen-bond donors (Lipinski definition) is 0. The molecular weight excluding hydrogens is 216 g/mol. The molecule has 0 radical (unpaired) electrons. The van der Waals surface area contributed by atoms with E-state index in [9.17, 15) is 9.90 Å². The normalized spacial score (nSPS) is 19.8. The van der Waals surface area contributed by atoms with Crippen LogP contribution in [-0.2, 0) is 11.2 Å². The fraction of sp³-hybridized carbons (Fsp3) is 0.500. The van der Waals surface area contributed by atoms with Gasteiger partial charge in [0, 0.05) is 11.9 Å². The molecule has 2 atom stereocenters. The van der Waals surface area contributed by atoms with Crippen molar-refractivity contribution in [3.05, 3.63) is 29.3 Å². The van der Waals surface area contributed by atoms with E-state index in [0.717, 1.165) is 24.2 Å². The molecule has 0 fully saturated rings. The number of carbonyl (C=O) groups is 1. The van der Waals surface area contributed by atoms with E-state index in [0.29, 0.717) is 6.42 Å². The van der Waals surface area contributed by atoms with Crippen molar-refractivity contribution in [2.75, 3.05) is 7.11 Å². The van der Waals surface area contributed by atoms with Crippen LogP contribution in [0.25, 0.3) is 0 Å². The molecular formula is C14H17O3-. The monoisotopic (exact) mass is 233 g/mol. The van der Waals surface area contributed by atoms with E-state index in [4.69, 9.17) is 4.74 Å². The van der Waals surface area contributed by atoms with Gasteiger partial charge in [0.05, 0.1) is 7.11 Å². The summed E-state index contributed by atoms with van der Waals surface area (Å²) < 4.78 is 5.18. The minimum atomic E-state index is -0.929. The van der Waals surface area contributed by atoms with Gasteiger partial charge in [0.2, 0.25) is 0 Å². The van der Waals surface area contributed by atoms with Crippen LogP contribution in [-0.4, -0.2) is 13.1 Å². The van der Waals surface area contributed by atoms with E-state index in [2.05, 4.69) is 0 Å². The first-order chi connectivity index (χ1) is 8.17. The summed E-state index contributed by atoms with van der Waals surface area (Å²) in [6.45, 7) is 1.90. The molecule has 0 saturated carbocycles. The molecule has 1 aromatic rings. The van der Waals surface area contributed by atoms with Gasteiger partial charge in [0.1, 0.15) is 5.75 Å². The van der Waals surface area contributed by atoms with Crippen LogP contribution in [0.5, 0.6) is 5.75 Å². The number of carboxylic acid groups (broad SMARTS) is 1. The molecule has 0 bridgehead atoms. The Bertz CT molecular complexity index is 425. The zero-order valence-corrected chi connectivity index (χ0v) is 10.2. The van der Waals surface area contributed by atoms with E-state index in [1.807, 2.05) is 25.1 Å². The van der Waals surface area contributed by atoms with Crippen molar-refractivity contribution in [2.24, 2.45) is 5.92 Å². The Kier molecular flexibility index (Phi) is 3.36. The molecule has 17 heavy (non-hydrogen) atoms. The second kappa shape index (κ2) is 4.78. The second-order valence-corrected chi connectivity index (χ2v) is 4.54. The van der Waals surface area contributed by atoms with Gasteiger partial charge < -0.3 is 14.6 Å². The lowest BCUT2D eigenvalue weighted by molar-refractivity contribution is -0.312. The van der Waals surface area contributed by atoms with Gasteiger partial charge in [0.15, 0.2) is 0 Å². The lowest BCUT2D eigenvalue weighted by atomic mass is 9.85. The Morgan fingerprint density at radius 3 is 2.94 bits per heavy atom. The van der Waals surface area contributed by atoms with Gasteiger partial charge in [0.25, 0.3) is 0 Å². The Morgan fingerprint density at radius 1 is 1.59 bits per heavy atom. The smallest absolute Gasteiger partial charge is 0.119 e. The van der Waals surface area contributed by atoms with Crippen LogP contribution < -0.4 is 9.84 Å². The van der Waals surface area contributed by atoms with Crippen molar-refractivity contribution in [3.63, 3.8) is 0 Å². The fourth-order valence-electron chi connectivity index (χ4n) is 2.79. The molecule has 0 spiro atoms. The lowest BCUT2D eigenvalue weighted by Crippen LogP contribution is -2.34. The molecule has 2 rings (SSSR count). The third-order valence-electron chi connectivity index (χ3n) is 3.70. The van der Waals surface area contributed by atoms with Crippen LogP contribution in [0.3, 0.4) is 0 Å². The van der Waals surface area contributed by atoms with Gasteiger partial charge in [-0.3, -0.25) is 0 Å². The highest BCUT2D eigenvalue weighted by atomic mass is 16.5. The summed E-state index contributed by atoms with van der Waals surface area (Å²) >= 11 is 0. The molecule has 1 aliphatic rings. The van der Waals surface area contributed by atoms with E-state index < -0.39 is 5.97 Å². The van der Waals surface area contributed by atoms with Gasteiger partial charge in [-0.2, -0.15) is 0 Å². The quantitative estimate of drug-likeness (QED) is 0.792. The van der Waals surface area contributed by atoms with E-state index in [-0.39, 0.29) is 11.8 Å². The predicted octanol–water partition coefficient (Wildman–Crippen LogP) is 1.50. The Labute approximate surface area is 101 Å². The van der Waals surface area contributed by atoms with Crippen LogP contribution in [0.1, 0.15) is 36.8 Å². The largest absolute Gasteiger partial charge is 0.550 e. The second-order valence-electron chi connectivity index (χ2n) is 4.54. The van der Waals surface area contributed by atoms with E-state index in [1.165, 1.54) is 5.56 Å². The number of hydrogen-bond acceptors (Lipinski definition) is 3. The van der Waals surface area contributed by atoms with Crippen LogP contribution in [0.2, 0.25) is 0 Å². The first-order valence-corrected chi connectivity index (χ1v) is 6.05. The van der Waals surface area contributed by atoms with Crippen molar-refractivity contribution in [1.29, 1.82) is 0 Å². The van der Waals surface area contributed by atoms with Crippen LogP contribution in [0.15, 0.2) is 18.2 Å². The molecule has 2 unspecified atom stereocenters. The summed E-state index contributed by atoms with van der Waals surface area (Å²) in [5, 5.41) is 11.1. The zero-order chi connectivity index (χ0) is 12.4. The molecule has 0 aromatic heterocycles. The summed E-state index contributed by atoms with van der Waals surface area (Å²) in [5.74, 6) is -0.359. The third-order valence-corrected chi connectivity index (χ3v) is 3.70. The molecule has 0 amide bonds. The summed E-state index contributed by atoms with van der Waals surface area (Å²) in [5.41, 5.74) is 2.37. The number of benzene rings is 1. The van der Waals surface area contributed by atoms with E-state index >= 15 is 0 Å². The maximum Gasteiger partial charge on any atom is 0.119 e. The van der Waals surface area contributed by atoms with Crippen molar-refractivity contribution >= 4 is 5.97 Å². The molecule has 92 valence electrons. The molecule has 1 aliphatic carbocycles. The fourth-order valence-corrected chi connectivity index (χ4v) is 2.79. The molecule has 0 saturated heterocycles. The summed E-state index contributed by atoms with van der Waals surface area (Å²) in [7, 11) is 1.64. The number of carboxylic acids is 1. The minimum Gasteiger partial charge on any atom is -0.550 e. The van der Waals surface area contributed by atoms with Gasteiger partial charge in [-0.15, -0.1) is 0 Å². The molecule has 1 aromatic carbocycles. The summed E-state index contributed by atoms with van der Waals surface area (Å²) in [6.07, 6.45) is 2.45. The van der Waals surface area contributed by atoms with Crippen molar-refractivity contribution in [3.8, 4) is 5.75 Å². The molecule has 0 aliphatic heterocycles. The number of fused-ring (bicyclic) bond motifs is 1. The molecule has 0 heterocycles. The average Bonchev–Trinajstić information content (AvgIpc) is 2.73. The Hall–Kier alpha value is -1.51. The highest BCUT2D eigenvalue weighted by Crippen LogP contribution is 2.40. The van der Waals surface area contributed by atoms with Crippen LogP contribution in [0.4, 0.5) is 0 Å². The number of aryl methyl sites for hydroxylation is 1. The number of carbonyl (C=O) groups excluding carboxylic acids is 1. The van der Waals surface area contributed by atoms with Gasteiger partial charge >= 0.3 is 0 Å². The number of methoxy groups -OCH3 is 1. The first kappa shape index (κ1) is 12.0. The topological polar surface area (TPSA) is 49.4 Å². The van der Waals surface area contributed by atoms with Crippen molar-refractivity contribution in [1.82, 2.24) is 0 Å². The van der Waals surface area contributed by atoms with Gasteiger partial charge in [-0.05, 0) is 48.4 Å². The maximum absolute atomic E-state index is 11.1. The maximum atomic E-state index is 11.1. The zero-order valence-electron chi connectivity index (χ0n) is 10.2. The molecule has 3 heteroatoms. The lowest BCUT2D eigenvalue weighted by Gasteiger charge is -2.24. The van der Waals surface area contributed by atoms with E-state index in [1.54, 1.807) is 7.11 Å². The van der Waals surface area contributed by atoms with Gasteiger partial charge in [-0.25, -0.2) is 0 Å². The van der Waals surface area contributed by atoms with Crippen LogP contribution in [0, 0.1) is 5.92 Å². The highest BCUT2D eigenvalue weighted by Gasteiger charge is 2.29. The summed E-state index contributed by atoms with van der Waals surface area (Å²) in [6, 6.07) is 5.91. The number of ether oxygens (including phenoxy) is 1. The number of aliphatic carboxylic acids is 1. The number of rotatable bonds is 4. The third kappa shape index (κ3) is 2.14. The Balaban J connectivity index is 2.30. The molecule has 3 nitrogen and oxygen atoms in total. The van der Waals surface area contributed by atoms with Gasteiger partial charge in [-0.1, -0.05) is 13.0 Å². The predicted molar refractivity (Wildman–Crippen MR) is 62.8 cm³/mol. The SMILES string of the molecule is CCC(C(=O)[O-])C1CCc2cc(OC)ccc21. The first-order valence-electron chi connectivity index (χ1n) is 6.05. The van der Waals surface area contributed by atoms with Crippen molar-refractivity contribution < 1.29 is 14.6 Å². The standard InChI is InChI=1S/C14H18O3/c1-3-11(14(15)16)13-6-4-9-8-10(17-2)5-7-12(9)13/h5,7-8,11,13H,3-4,6H2,1-2H3,(H,15,16)/p-1. The van der Waals surface area contributed by atoms with Crippen LogP contribution >= 0.6 is 0 Å². The molecule has 0 N–H and O–H groups in total. The van der Waals surface area contributed by atoms with Crippen molar-refractivity contribution in [2.45, 2.75) is 32.1 Å². The highest BCUT2D eigenvalue weighted by molar-refractivity contribution is 5.69. The average molecular weight is 233 g/mol. The minimum absolute atomic E-state index is 0.103.